The van der Waals surface area contributed by atoms with Crippen LogP contribution in [0.2, 0.25) is 0 Å². The van der Waals surface area contributed by atoms with Gasteiger partial charge in [-0.1, -0.05) is 12.1 Å². The first-order valence-corrected chi connectivity index (χ1v) is 5.26. The Morgan fingerprint density at radius 2 is 1.88 bits per heavy atom. The molecule has 0 aliphatic rings. The van der Waals surface area contributed by atoms with Gasteiger partial charge in [0.05, 0.1) is 0 Å². The van der Waals surface area contributed by atoms with Crippen molar-refractivity contribution in [2.45, 2.75) is 19.4 Å². The normalized spacial score (nSPS) is 12.3. The van der Waals surface area contributed by atoms with Crippen LogP contribution in [-0.4, -0.2) is 31.1 Å². The van der Waals surface area contributed by atoms with Gasteiger partial charge in [-0.25, -0.2) is 4.39 Å². The van der Waals surface area contributed by atoms with E-state index in [0.717, 1.165) is 25.1 Å². The second-order valence-corrected chi connectivity index (χ2v) is 4.12. The molecule has 0 aliphatic heterocycles. The van der Waals surface area contributed by atoms with Crippen molar-refractivity contribution in [3.63, 3.8) is 0 Å². The van der Waals surface area contributed by atoms with Crippen molar-refractivity contribution in [1.82, 2.24) is 4.90 Å². The summed E-state index contributed by atoms with van der Waals surface area (Å²) in [5.41, 5.74) is 6.85. The highest BCUT2D eigenvalue weighted by Gasteiger charge is 2.02. The molecule has 0 bridgehead atoms. The smallest absolute Gasteiger partial charge is 0.123 e. The lowest BCUT2D eigenvalue weighted by Crippen LogP contribution is -2.34. The van der Waals surface area contributed by atoms with E-state index in [4.69, 9.17) is 5.73 Å². The summed E-state index contributed by atoms with van der Waals surface area (Å²) in [4.78, 5) is 2.19. The average molecular weight is 247 g/mol. The molecular formula is C12H20ClFN2. The maximum Gasteiger partial charge on any atom is 0.123 e. The van der Waals surface area contributed by atoms with Gasteiger partial charge in [0.15, 0.2) is 0 Å². The molecule has 1 aromatic carbocycles. The summed E-state index contributed by atoms with van der Waals surface area (Å²) in [7, 11) is 2.05. The average Bonchev–Trinajstić information content (AvgIpc) is 2.16. The Kier molecular flexibility index (Phi) is 7.30. The van der Waals surface area contributed by atoms with Crippen LogP contribution >= 0.6 is 12.4 Å². The van der Waals surface area contributed by atoms with Crippen LogP contribution < -0.4 is 5.73 Å². The van der Waals surface area contributed by atoms with Crippen molar-refractivity contribution in [3.8, 4) is 0 Å². The zero-order valence-electron chi connectivity index (χ0n) is 9.82. The van der Waals surface area contributed by atoms with Gasteiger partial charge in [0, 0.05) is 19.1 Å². The van der Waals surface area contributed by atoms with E-state index in [-0.39, 0.29) is 24.3 Å². The third kappa shape index (κ3) is 6.05. The van der Waals surface area contributed by atoms with E-state index in [0.29, 0.717) is 0 Å². The molecule has 92 valence electrons. The molecule has 1 rings (SSSR count). The Balaban J connectivity index is 0.00000225. The lowest BCUT2D eigenvalue weighted by molar-refractivity contribution is 0.321. The van der Waals surface area contributed by atoms with Crippen LogP contribution in [0.3, 0.4) is 0 Å². The molecule has 0 radical (unpaired) electrons. The first-order chi connectivity index (χ1) is 7.08. The van der Waals surface area contributed by atoms with Crippen LogP contribution in [-0.2, 0) is 6.42 Å². The van der Waals surface area contributed by atoms with E-state index in [1.54, 1.807) is 0 Å². The number of hydrogen-bond donors (Lipinski definition) is 1. The third-order valence-electron chi connectivity index (χ3n) is 2.30. The Hall–Kier alpha value is -0.640. The summed E-state index contributed by atoms with van der Waals surface area (Å²) in [6, 6.07) is 6.86. The fourth-order valence-electron chi connectivity index (χ4n) is 1.55. The maximum absolute atomic E-state index is 12.6. The van der Waals surface area contributed by atoms with E-state index in [2.05, 4.69) is 4.90 Å². The largest absolute Gasteiger partial charge is 0.327 e. The van der Waals surface area contributed by atoms with Gasteiger partial charge in [0.2, 0.25) is 0 Å². The van der Waals surface area contributed by atoms with Gasteiger partial charge in [0.1, 0.15) is 5.82 Å². The van der Waals surface area contributed by atoms with Crippen LogP contribution in [0.1, 0.15) is 12.5 Å². The van der Waals surface area contributed by atoms with Gasteiger partial charge in [-0.05, 0) is 38.1 Å². The van der Waals surface area contributed by atoms with E-state index in [1.165, 1.54) is 12.1 Å². The molecule has 0 amide bonds. The lowest BCUT2D eigenvalue weighted by atomic mass is 10.1. The van der Waals surface area contributed by atoms with Crippen molar-refractivity contribution in [1.29, 1.82) is 0 Å². The first-order valence-electron chi connectivity index (χ1n) is 5.26. The summed E-state index contributed by atoms with van der Waals surface area (Å²) < 4.78 is 12.6. The van der Waals surface area contributed by atoms with Crippen molar-refractivity contribution in [3.05, 3.63) is 35.6 Å². The first kappa shape index (κ1) is 15.4. The van der Waals surface area contributed by atoms with Crippen molar-refractivity contribution in [2.75, 3.05) is 20.1 Å². The molecule has 2 N–H and O–H groups in total. The number of halogens is 2. The standard InChI is InChI=1S/C12H19FN2.ClH/c1-10(14)9-15(2)8-7-11-3-5-12(13)6-4-11;/h3-6,10H,7-9,14H2,1-2H3;1H. The SMILES string of the molecule is CC(N)CN(C)CCc1ccc(F)cc1.Cl. The highest BCUT2D eigenvalue weighted by molar-refractivity contribution is 5.85. The van der Waals surface area contributed by atoms with Gasteiger partial charge in [-0.2, -0.15) is 0 Å². The van der Waals surface area contributed by atoms with E-state index in [1.807, 2.05) is 26.1 Å². The van der Waals surface area contributed by atoms with Crippen LogP contribution in [0.25, 0.3) is 0 Å². The summed E-state index contributed by atoms with van der Waals surface area (Å²) in [5, 5.41) is 0. The molecule has 0 spiro atoms. The lowest BCUT2D eigenvalue weighted by Gasteiger charge is -2.18. The zero-order chi connectivity index (χ0) is 11.3. The number of rotatable bonds is 5. The van der Waals surface area contributed by atoms with Gasteiger partial charge in [-0.3, -0.25) is 0 Å². The predicted octanol–water partition coefficient (Wildman–Crippen LogP) is 2.07. The summed E-state index contributed by atoms with van der Waals surface area (Å²) in [6.07, 6.45) is 0.934. The van der Waals surface area contributed by atoms with Crippen molar-refractivity contribution in [2.24, 2.45) is 5.73 Å². The molecule has 1 unspecified atom stereocenters. The third-order valence-corrected chi connectivity index (χ3v) is 2.30. The van der Waals surface area contributed by atoms with Crippen LogP contribution in [0.4, 0.5) is 4.39 Å². The van der Waals surface area contributed by atoms with Gasteiger partial charge < -0.3 is 10.6 Å². The quantitative estimate of drug-likeness (QED) is 0.862. The molecule has 4 heteroatoms. The summed E-state index contributed by atoms with van der Waals surface area (Å²) in [5.74, 6) is -0.178. The van der Waals surface area contributed by atoms with Crippen LogP contribution in [0, 0.1) is 5.82 Å². The molecule has 0 fully saturated rings. The second-order valence-electron chi connectivity index (χ2n) is 4.12. The Morgan fingerprint density at radius 1 is 1.31 bits per heavy atom. The van der Waals surface area contributed by atoms with Gasteiger partial charge in [0.25, 0.3) is 0 Å². The molecule has 0 aromatic heterocycles. The zero-order valence-corrected chi connectivity index (χ0v) is 10.6. The molecular weight excluding hydrogens is 227 g/mol. The molecule has 0 saturated heterocycles. The summed E-state index contributed by atoms with van der Waals surface area (Å²) in [6.45, 7) is 3.84. The minimum atomic E-state index is -0.178. The van der Waals surface area contributed by atoms with E-state index in [9.17, 15) is 4.39 Å². The van der Waals surface area contributed by atoms with Gasteiger partial charge in [-0.15, -0.1) is 12.4 Å². The van der Waals surface area contributed by atoms with Crippen LogP contribution in [0.5, 0.6) is 0 Å². The monoisotopic (exact) mass is 246 g/mol. The topological polar surface area (TPSA) is 29.3 Å². The Labute approximate surface area is 103 Å². The second kappa shape index (κ2) is 7.60. The highest BCUT2D eigenvalue weighted by Crippen LogP contribution is 2.04. The number of benzene rings is 1. The fourth-order valence-corrected chi connectivity index (χ4v) is 1.55. The maximum atomic E-state index is 12.6. The van der Waals surface area contributed by atoms with E-state index < -0.39 is 0 Å². The molecule has 2 nitrogen and oxygen atoms in total. The fraction of sp³-hybridized carbons (Fsp3) is 0.500. The van der Waals surface area contributed by atoms with Crippen molar-refractivity contribution >= 4 is 12.4 Å². The molecule has 1 aromatic rings. The van der Waals surface area contributed by atoms with E-state index >= 15 is 0 Å². The molecule has 1 atom stereocenters. The molecule has 0 aliphatic carbocycles. The highest BCUT2D eigenvalue weighted by atomic mass is 35.5. The number of nitrogens with two attached hydrogens (primary N) is 1. The van der Waals surface area contributed by atoms with Crippen LogP contribution in [0.15, 0.2) is 24.3 Å². The Bertz CT molecular complexity index is 288. The molecule has 16 heavy (non-hydrogen) atoms. The molecule has 0 saturated carbocycles. The Morgan fingerprint density at radius 3 is 2.38 bits per heavy atom. The molecule has 0 heterocycles. The van der Waals surface area contributed by atoms with Gasteiger partial charge >= 0.3 is 0 Å². The number of hydrogen-bond acceptors (Lipinski definition) is 2. The number of likely N-dealkylation sites (N-methyl/N-ethyl adjacent to an activating group) is 1. The minimum absolute atomic E-state index is 0. The number of nitrogens with zero attached hydrogens (tertiary/aromatic N) is 1. The minimum Gasteiger partial charge on any atom is -0.327 e. The summed E-state index contributed by atoms with van der Waals surface area (Å²) >= 11 is 0. The predicted molar refractivity (Wildman–Crippen MR) is 68.5 cm³/mol. The van der Waals surface area contributed by atoms with Crippen molar-refractivity contribution < 1.29 is 4.39 Å².